The van der Waals surface area contributed by atoms with E-state index in [0.29, 0.717) is 31.6 Å². The van der Waals surface area contributed by atoms with Crippen molar-refractivity contribution in [3.63, 3.8) is 0 Å². The Hall–Kier alpha value is -1.54. The number of nitrogens with one attached hydrogen (secondary N) is 2. The van der Waals surface area contributed by atoms with Crippen LogP contribution >= 0.6 is 0 Å². The third kappa shape index (κ3) is 6.64. The summed E-state index contributed by atoms with van der Waals surface area (Å²) in [5.74, 6) is 0.579. The van der Waals surface area contributed by atoms with Crippen molar-refractivity contribution in [2.24, 2.45) is 5.92 Å². The van der Waals surface area contributed by atoms with Crippen LogP contribution in [-0.4, -0.2) is 87.1 Å². The van der Waals surface area contributed by atoms with Gasteiger partial charge in [0.05, 0.1) is 20.3 Å². The number of nitrogens with zero attached hydrogens (tertiary/aromatic N) is 2. The lowest BCUT2D eigenvalue weighted by Gasteiger charge is -2.36. The number of carbonyl (C=O) groups is 2. The van der Waals surface area contributed by atoms with Crippen LogP contribution in [0.4, 0.5) is 9.59 Å². The van der Waals surface area contributed by atoms with Crippen LogP contribution in [0, 0.1) is 5.92 Å². The lowest BCUT2D eigenvalue weighted by Crippen LogP contribution is -2.53. The molecule has 8 nitrogen and oxygen atoms in total. The molecule has 0 aromatic carbocycles. The predicted octanol–water partition coefficient (Wildman–Crippen LogP) is 1.26. The molecule has 2 heterocycles. The maximum atomic E-state index is 12.3. The number of piperidine rings is 1. The Morgan fingerprint density at radius 1 is 1.15 bits per heavy atom. The highest BCUT2D eigenvalue weighted by Gasteiger charge is 2.25. The first kappa shape index (κ1) is 20.8. The summed E-state index contributed by atoms with van der Waals surface area (Å²) in [6, 6.07) is 0.317. The number of carbonyl (C=O) groups excluding carboxylic acids is 2. The first-order chi connectivity index (χ1) is 12.5. The van der Waals surface area contributed by atoms with Gasteiger partial charge in [-0.15, -0.1) is 0 Å². The van der Waals surface area contributed by atoms with Gasteiger partial charge in [0.1, 0.15) is 0 Å². The fraction of sp³-hybridized carbons (Fsp3) is 0.889. The van der Waals surface area contributed by atoms with E-state index in [1.807, 2.05) is 0 Å². The number of urea groups is 1. The number of methoxy groups -OCH3 is 1. The molecular formula is C18H34N4O4. The lowest BCUT2D eigenvalue weighted by molar-refractivity contribution is 0.0129. The average molecular weight is 370 g/mol. The van der Waals surface area contributed by atoms with E-state index >= 15 is 0 Å². The topological polar surface area (TPSA) is 83.1 Å². The number of likely N-dealkylation sites (tertiary alicyclic amines) is 1. The quantitative estimate of drug-likeness (QED) is 0.736. The highest BCUT2D eigenvalue weighted by atomic mass is 16.5. The molecule has 26 heavy (non-hydrogen) atoms. The maximum absolute atomic E-state index is 12.3. The van der Waals surface area contributed by atoms with Crippen LogP contribution in [-0.2, 0) is 9.47 Å². The summed E-state index contributed by atoms with van der Waals surface area (Å²) < 4.78 is 10.2. The lowest BCUT2D eigenvalue weighted by atomic mass is 10.0. The molecule has 0 saturated carbocycles. The van der Waals surface area contributed by atoms with Crippen LogP contribution < -0.4 is 10.6 Å². The molecule has 1 unspecified atom stereocenters. The van der Waals surface area contributed by atoms with E-state index in [1.54, 1.807) is 4.90 Å². The number of ether oxygens (including phenoxy) is 2. The Morgan fingerprint density at radius 2 is 1.81 bits per heavy atom. The molecule has 8 heteroatoms. The fourth-order valence-corrected chi connectivity index (χ4v) is 3.63. The molecule has 0 aliphatic carbocycles. The Bertz CT molecular complexity index is 446. The molecule has 0 radical (unpaired) electrons. The van der Waals surface area contributed by atoms with Crippen molar-refractivity contribution in [1.82, 2.24) is 20.4 Å². The van der Waals surface area contributed by atoms with E-state index in [-0.39, 0.29) is 18.2 Å². The Morgan fingerprint density at radius 3 is 2.38 bits per heavy atom. The number of morpholine rings is 1. The minimum absolute atomic E-state index is 0.0999. The number of rotatable bonds is 6. The van der Waals surface area contributed by atoms with E-state index in [0.717, 1.165) is 45.6 Å². The van der Waals surface area contributed by atoms with Gasteiger partial charge in [-0.05, 0) is 25.2 Å². The number of amides is 3. The van der Waals surface area contributed by atoms with E-state index in [4.69, 9.17) is 9.47 Å². The first-order valence-electron chi connectivity index (χ1n) is 9.68. The van der Waals surface area contributed by atoms with Gasteiger partial charge < -0.3 is 25.0 Å². The van der Waals surface area contributed by atoms with Gasteiger partial charge in [0, 0.05) is 44.8 Å². The van der Waals surface area contributed by atoms with Crippen LogP contribution in [0.25, 0.3) is 0 Å². The van der Waals surface area contributed by atoms with Crippen molar-refractivity contribution in [3.05, 3.63) is 0 Å². The SMILES string of the molecule is COC(=O)N1CCC(NC(=O)NCC(CC(C)C)N2CCOCC2)CC1. The summed E-state index contributed by atoms with van der Waals surface area (Å²) in [5, 5.41) is 6.08. The third-order valence-electron chi connectivity index (χ3n) is 5.07. The maximum Gasteiger partial charge on any atom is 0.409 e. The van der Waals surface area contributed by atoms with Gasteiger partial charge in [0.2, 0.25) is 0 Å². The highest BCUT2D eigenvalue weighted by Crippen LogP contribution is 2.14. The second-order valence-electron chi connectivity index (χ2n) is 7.52. The molecule has 0 aromatic rings. The third-order valence-corrected chi connectivity index (χ3v) is 5.07. The second kappa shape index (κ2) is 10.6. The molecule has 2 aliphatic rings. The van der Waals surface area contributed by atoms with Gasteiger partial charge in [-0.1, -0.05) is 13.8 Å². The molecule has 0 bridgehead atoms. The van der Waals surface area contributed by atoms with Gasteiger partial charge >= 0.3 is 12.1 Å². The monoisotopic (exact) mass is 370 g/mol. The summed E-state index contributed by atoms with van der Waals surface area (Å²) in [4.78, 5) is 27.9. The Balaban J connectivity index is 1.73. The molecule has 2 rings (SSSR count). The second-order valence-corrected chi connectivity index (χ2v) is 7.52. The van der Waals surface area contributed by atoms with Crippen molar-refractivity contribution in [2.45, 2.75) is 45.2 Å². The Labute approximate surface area is 156 Å². The summed E-state index contributed by atoms with van der Waals surface area (Å²) in [6.45, 7) is 9.66. The molecular weight excluding hydrogens is 336 g/mol. The van der Waals surface area contributed by atoms with Crippen LogP contribution in [0.15, 0.2) is 0 Å². The molecule has 3 amide bonds. The molecule has 0 aromatic heterocycles. The van der Waals surface area contributed by atoms with Crippen LogP contribution in [0.2, 0.25) is 0 Å². The summed E-state index contributed by atoms with van der Waals surface area (Å²) in [5.41, 5.74) is 0. The zero-order valence-corrected chi connectivity index (χ0v) is 16.3. The van der Waals surface area contributed by atoms with Gasteiger partial charge in [-0.2, -0.15) is 0 Å². The van der Waals surface area contributed by atoms with E-state index in [1.165, 1.54) is 7.11 Å². The van der Waals surface area contributed by atoms with Crippen molar-refractivity contribution in [3.8, 4) is 0 Å². The molecule has 2 aliphatic heterocycles. The van der Waals surface area contributed by atoms with Gasteiger partial charge in [-0.25, -0.2) is 9.59 Å². The number of hydrogen-bond acceptors (Lipinski definition) is 5. The van der Waals surface area contributed by atoms with Gasteiger partial charge in [0.25, 0.3) is 0 Å². The standard InChI is InChI=1S/C18H34N4O4/c1-14(2)12-16(21-8-10-26-11-9-21)13-19-17(23)20-15-4-6-22(7-5-15)18(24)25-3/h14-16H,4-13H2,1-3H3,(H2,19,20,23). The molecule has 150 valence electrons. The fourth-order valence-electron chi connectivity index (χ4n) is 3.63. The summed E-state index contributed by atoms with van der Waals surface area (Å²) in [6.07, 6.45) is 2.26. The smallest absolute Gasteiger partial charge is 0.409 e. The van der Waals surface area contributed by atoms with Gasteiger partial charge in [0.15, 0.2) is 0 Å². The zero-order valence-electron chi connectivity index (χ0n) is 16.3. The largest absolute Gasteiger partial charge is 0.453 e. The van der Waals surface area contributed by atoms with Crippen molar-refractivity contribution in [1.29, 1.82) is 0 Å². The Kier molecular flexibility index (Phi) is 8.44. The average Bonchev–Trinajstić information content (AvgIpc) is 2.65. The van der Waals surface area contributed by atoms with Crippen LogP contribution in [0.1, 0.15) is 33.1 Å². The summed E-state index contributed by atoms with van der Waals surface area (Å²) in [7, 11) is 1.39. The molecule has 0 spiro atoms. The van der Waals surface area contributed by atoms with E-state index in [9.17, 15) is 9.59 Å². The molecule has 2 N–H and O–H groups in total. The minimum Gasteiger partial charge on any atom is -0.453 e. The molecule has 1 atom stereocenters. The first-order valence-corrected chi connectivity index (χ1v) is 9.68. The van der Waals surface area contributed by atoms with Crippen LogP contribution in [0.5, 0.6) is 0 Å². The highest BCUT2D eigenvalue weighted by molar-refractivity contribution is 5.74. The normalized spacial score (nSPS) is 20.7. The van der Waals surface area contributed by atoms with Crippen molar-refractivity contribution in [2.75, 3.05) is 53.0 Å². The molecule has 2 saturated heterocycles. The molecule has 2 fully saturated rings. The zero-order chi connectivity index (χ0) is 18.9. The van der Waals surface area contributed by atoms with Crippen LogP contribution in [0.3, 0.4) is 0 Å². The number of hydrogen-bond donors (Lipinski definition) is 2. The van der Waals surface area contributed by atoms with E-state index in [2.05, 4.69) is 29.4 Å². The van der Waals surface area contributed by atoms with Crippen molar-refractivity contribution < 1.29 is 19.1 Å². The minimum atomic E-state index is -0.296. The van der Waals surface area contributed by atoms with E-state index < -0.39 is 0 Å². The predicted molar refractivity (Wildman–Crippen MR) is 99.2 cm³/mol. The van der Waals surface area contributed by atoms with Gasteiger partial charge in [-0.3, -0.25) is 4.90 Å². The summed E-state index contributed by atoms with van der Waals surface area (Å²) >= 11 is 0. The van der Waals surface area contributed by atoms with Crippen molar-refractivity contribution >= 4 is 12.1 Å².